The molecule has 2 atom stereocenters. The van der Waals surface area contributed by atoms with Crippen molar-refractivity contribution in [2.24, 2.45) is 11.8 Å². The minimum atomic E-state index is -0.637. The zero-order valence-corrected chi connectivity index (χ0v) is 11.8. The average Bonchev–Trinajstić information content (AvgIpc) is 2.77. The van der Waals surface area contributed by atoms with Crippen LogP contribution in [0.4, 0.5) is 0 Å². The molecule has 1 aliphatic carbocycles. The largest absolute Gasteiger partial charge is 0.481 e. The molecule has 1 aromatic rings. The lowest BCUT2D eigenvalue weighted by Crippen LogP contribution is -2.28. The lowest BCUT2D eigenvalue weighted by atomic mass is 9.96. The van der Waals surface area contributed by atoms with E-state index in [-0.39, 0.29) is 11.8 Å². The predicted octanol–water partition coefficient (Wildman–Crippen LogP) is 3.04. The smallest absolute Gasteiger partial charge is 0.306 e. The van der Waals surface area contributed by atoms with E-state index in [0.29, 0.717) is 0 Å². The van der Waals surface area contributed by atoms with Gasteiger partial charge < -0.3 is 10.4 Å². The summed E-state index contributed by atoms with van der Waals surface area (Å²) in [6, 6.07) is 8.16. The summed E-state index contributed by atoms with van der Waals surface area (Å²) in [6.07, 6.45) is 2.90. The topological polar surface area (TPSA) is 49.3 Å². The maximum absolute atomic E-state index is 11.1. The van der Waals surface area contributed by atoms with Crippen LogP contribution in [0.25, 0.3) is 0 Å². The molecule has 0 heterocycles. The van der Waals surface area contributed by atoms with E-state index in [2.05, 4.69) is 33.4 Å². The molecule has 4 heteroatoms. The van der Waals surface area contributed by atoms with Crippen LogP contribution in [-0.2, 0) is 11.3 Å². The number of carboxylic acids is 1. The highest BCUT2D eigenvalue weighted by atomic mass is 79.9. The molecule has 18 heavy (non-hydrogen) atoms. The zero-order chi connectivity index (χ0) is 13.0. The monoisotopic (exact) mass is 311 g/mol. The van der Waals surface area contributed by atoms with Gasteiger partial charge in [-0.25, -0.2) is 0 Å². The summed E-state index contributed by atoms with van der Waals surface area (Å²) < 4.78 is 1.08. The van der Waals surface area contributed by atoms with Gasteiger partial charge in [-0.3, -0.25) is 4.79 Å². The summed E-state index contributed by atoms with van der Waals surface area (Å²) in [6.45, 7) is 1.59. The maximum Gasteiger partial charge on any atom is 0.306 e. The predicted molar refractivity (Wildman–Crippen MR) is 74.3 cm³/mol. The summed E-state index contributed by atoms with van der Waals surface area (Å²) >= 11 is 3.44. The highest BCUT2D eigenvalue weighted by Crippen LogP contribution is 2.31. The molecule has 1 aliphatic rings. The quantitative estimate of drug-likeness (QED) is 0.878. The molecule has 1 saturated carbocycles. The van der Waals surface area contributed by atoms with E-state index in [1.54, 1.807) is 0 Å². The molecular formula is C14H18BrNO2. The Kier molecular flexibility index (Phi) is 4.78. The van der Waals surface area contributed by atoms with Gasteiger partial charge in [-0.05, 0) is 43.0 Å². The third-order valence-corrected chi connectivity index (χ3v) is 4.09. The summed E-state index contributed by atoms with van der Waals surface area (Å²) in [7, 11) is 0. The number of carboxylic acid groups (broad SMARTS) is 1. The first-order chi connectivity index (χ1) is 8.66. The average molecular weight is 312 g/mol. The van der Waals surface area contributed by atoms with Crippen LogP contribution in [0.15, 0.2) is 28.7 Å². The number of aliphatic carboxylic acids is 1. The Balaban J connectivity index is 1.80. The lowest BCUT2D eigenvalue weighted by molar-refractivity contribution is -0.142. The van der Waals surface area contributed by atoms with Crippen molar-refractivity contribution in [1.82, 2.24) is 5.32 Å². The first-order valence-electron chi connectivity index (χ1n) is 6.35. The van der Waals surface area contributed by atoms with Crippen molar-refractivity contribution < 1.29 is 9.90 Å². The fourth-order valence-electron chi connectivity index (χ4n) is 2.66. The third kappa shape index (κ3) is 3.56. The number of rotatable bonds is 5. The summed E-state index contributed by atoms with van der Waals surface area (Å²) in [5.74, 6) is -0.503. The van der Waals surface area contributed by atoms with Crippen LogP contribution in [0.3, 0.4) is 0 Å². The Morgan fingerprint density at radius 1 is 1.44 bits per heavy atom. The van der Waals surface area contributed by atoms with E-state index < -0.39 is 5.97 Å². The second-order valence-electron chi connectivity index (χ2n) is 4.90. The SMILES string of the molecule is O=C(O)C1CCCC1CNCc1cccc(Br)c1. The molecule has 0 saturated heterocycles. The Morgan fingerprint density at radius 2 is 2.28 bits per heavy atom. The van der Waals surface area contributed by atoms with Crippen LogP contribution in [-0.4, -0.2) is 17.6 Å². The molecule has 2 rings (SSSR count). The van der Waals surface area contributed by atoms with Gasteiger partial charge in [-0.1, -0.05) is 34.5 Å². The van der Waals surface area contributed by atoms with Crippen molar-refractivity contribution in [1.29, 1.82) is 0 Å². The first-order valence-corrected chi connectivity index (χ1v) is 7.14. The minimum absolute atomic E-state index is 0.153. The molecule has 0 spiro atoms. The Labute approximate surface area is 116 Å². The van der Waals surface area contributed by atoms with E-state index in [9.17, 15) is 4.79 Å². The second-order valence-corrected chi connectivity index (χ2v) is 5.81. The second kappa shape index (κ2) is 6.34. The molecule has 3 nitrogen and oxygen atoms in total. The van der Waals surface area contributed by atoms with Crippen molar-refractivity contribution in [3.8, 4) is 0 Å². The molecule has 0 aromatic heterocycles. The van der Waals surface area contributed by atoms with E-state index in [1.807, 2.05) is 12.1 Å². The molecule has 0 radical (unpaired) electrons. The van der Waals surface area contributed by atoms with Crippen molar-refractivity contribution in [3.63, 3.8) is 0 Å². The molecular weight excluding hydrogens is 294 g/mol. The van der Waals surface area contributed by atoms with E-state index in [4.69, 9.17) is 5.11 Å². The Hall–Kier alpha value is -0.870. The normalized spacial score (nSPS) is 23.2. The molecule has 0 bridgehead atoms. The van der Waals surface area contributed by atoms with Gasteiger partial charge in [0.15, 0.2) is 0 Å². The number of carbonyl (C=O) groups is 1. The van der Waals surface area contributed by atoms with Gasteiger partial charge in [0, 0.05) is 11.0 Å². The maximum atomic E-state index is 11.1. The van der Waals surface area contributed by atoms with Crippen LogP contribution in [0, 0.1) is 11.8 Å². The minimum Gasteiger partial charge on any atom is -0.481 e. The summed E-state index contributed by atoms with van der Waals surface area (Å²) in [5, 5.41) is 12.5. The first kappa shape index (κ1) is 13.6. The van der Waals surface area contributed by atoms with Crippen molar-refractivity contribution in [2.45, 2.75) is 25.8 Å². The van der Waals surface area contributed by atoms with Gasteiger partial charge in [0.2, 0.25) is 0 Å². The van der Waals surface area contributed by atoms with Crippen LogP contribution in [0.1, 0.15) is 24.8 Å². The fraction of sp³-hybridized carbons (Fsp3) is 0.500. The van der Waals surface area contributed by atoms with Gasteiger partial charge in [0.1, 0.15) is 0 Å². The van der Waals surface area contributed by atoms with Gasteiger partial charge in [-0.2, -0.15) is 0 Å². The molecule has 0 aliphatic heterocycles. The highest BCUT2D eigenvalue weighted by molar-refractivity contribution is 9.10. The number of benzene rings is 1. The standard InChI is InChI=1S/C14H18BrNO2/c15-12-5-1-3-10(7-12)8-16-9-11-4-2-6-13(11)14(17)18/h1,3,5,7,11,13,16H,2,4,6,8-9H2,(H,17,18). The van der Waals surface area contributed by atoms with Gasteiger partial charge in [-0.15, -0.1) is 0 Å². The number of hydrogen-bond acceptors (Lipinski definition) is 2. The van der Waals surface area contributed by atoms with Crippen molar-refractivity contribution >= 4 is 21.9 Å². The Bertz CT molecular complexity index is 422. The highest BCUT2D eigenvalue weighted by Gasteiger charge is 2.32. The molecule has 98 valence electrons. The number of nitrogens with one attached hydrogen (secondary N) is 1. The molecule has 0 amide bonds. The van der Waals surface area contributed by atoms with Gasteiger partial charge in [0.25, 0.3) is 0 Å². The molecule has 1 fully saturated rings. The number of halogens is 1. The van der Waals surface area contributed by atoms with Crippen LogP contribution < -0.4 is 5.32 Å². The van der Waals surface area contributed by atoms with Crippen LogP contribution in [0.2, 0.25) is 0 Å². The van der Waals surface area contributed by atoms with E-state index in [1.165, 1.54) is 5.56 Å². The van der Waals surface area contributed by atoms with Crippen LogP contribution >= 0.6 is 15.9 Å². The van der Waals surface area contributed by atoms with Crippen molar-refractivity contribution in [3.05, 3.63) is 34.3 Å². The Morgan fingerprint density at radius 3 is 3.00 bits per heavy atom. The third-order valence-electron chi connectivity index (χ3n) is 3.60. The summed E-state index contributed by atoms with van der Waals surface area (Å²) in [4.78, 5) is 11.1. The lowest BCUT2D eigenvalue weighted by Gasteiger charge is -2.16. The zero-order valence-electron chi connectivity index (χ0n) is 10.2. The fourth-order valence-corrected chi connectivity index (χ4v) is 3.10. The van der Waals surface area contributed by atoms with E-state index >= 15 is 0 Å². The molecule has 2 unspecified atom stereocenters. The number of hydrogen-bond donors (Lipinski definition) is 2. The van der Waals surface area contributed by atoms with Gasteiger partial charge >= 0.3 is 5.97 Å². The van der Waals surface area contributed by atoms with Gasteiger partial charge in [0.05, 0.1) is 5.92 Å². The summed E-state index contributed by atoms with van der Waals surface area (Å²) in [5.41, 5.74) is 1.22. The molecule has 1 aromatic carbocycles. The van der Waals surface area contributed by atoms with E-state index in [0.717, 1.165) is 36.8 Å². The van der Waals surface area contributed by atoms with Crippen molar-refractivity contribution in [2.75, 3.05) is 6.54 Å². The molecule has 2 N–H and O–H groups in total. The van der Waals surface area contributed by atoms with Crippen LogP contribution in [0.5, 0.6) is 0 Å².